The number of hydrogen-bond donors (Lipinski definition) is 1. The largest absolute Gasteiger partial charge is 0.387 e. The lowest BCUT2D eigenvalue weighted by Crippen LogP contribution is -2.64. The summed E-state index contributed by atoms with van der Waals surface area (Å²) < 4.78 is 1.08. The van der Waals surface area contributed by atoms with Crippen molar-refractivity contribution in [1.82, 2.24) is 0 Å². The second-order valence-electron chi connectivity index (χ2n) is 4.29. The van der Waals surface area contributed by atoms with Crippen LogP contribution in [0, 0.1) is 5.92 Å². The van der Waals surface area contributed by atoms with Crippen molar-refractivity contribution in [3.8, 4) is 0 Å². The van der Waals surface area contributed by atoms with Crippen molar-refractivity contribution >= 4 is 11.6 Å². The molecule has 3 aliphatic heterocycles. The normalized spacial score (nSPS) is 46.5. The van der Waals surface area contributed by atoms with E-state index in [0.717, 1.165) is 23.5 Å². The minimum atomic E-state index is -0.0456. The van der Waals surface area contributed by atoms with Gasteiger partial charge in [0, 0.05) is 18.8 Å². The maximum atomic E-state index is 9.73. The molecule has 3 rings (SSSR count). The van der Waals surface area contributed by atoms with Crippen LogP contribution >= 0.6 is 11.6 Å². The molecule has 2 nitrogen and oxygen atoms in total. The van der Waals surface area contributed by atoms with E-state index in [9.17, 15) is 5.11 Å². The lowest BCUT2D eigenvalue weighted by Gasteiger charge is -2.51. The Balaban J connectivity index is 2.05. The van der Waals surface area contributed by atoms with Crippen molar-refractivity contribution in [3.63, 3.8) is 0 Å². The maximum Gasteiger partial charge on any atom is 0.106 e. The van der Waals surface area contributed by atoms with Crippen LogP contribution in [-0.2, 0) is 0 Å². The highest BCUT2D eigenvalue weighted by Gasteiger charge is 2.44. The highest BCUT2D eigenvalue weighted by atomic mass is 35.5. The average Bonchev–Trinajstić information content (AvgIpc) is 2.05. The summed E-state index contributed by atoms with van der Waals surface area (Å²) in [5.74, 6) is 1.33. The molecular weight excluding hydrogens is 174 g/mol. The number of fused-ring (bicyclic) bond motifs is 3. The van der Waals surface area contributed by atoms with Gasteiger partial charge < -0.3 is 9.59 Å². The molecule has 0 unspecified atom stereocenters. The molecule has 1 N–H and O–H groups in total. The first-order valence-electron chi connectivity index (χ1n) is 4.85. The Morgan fingerprint density at radius 2 is 2.00 bits per heavy atom. The van der Waals surface area contributed by atoms with Gasteiger partial charge in [-0.25, -0.2) is 0 Å². The molecule has 0 spiro atoms. The van der Waals surface area contributed by atoms with Crippen LogP contribution in [0.1, 0.15) is 12.8 Å². The van der Waals surface area contributed by atoms with Crippen molar-refractivity contribution in [3.05, 3.63) is 0 Å². The fraction of sp³-hybridized carbons (Fsp3) is 1.00. The van der Waals surface area contributed by atoms with Gasteiger partial charge in [-0.2, -0.15) is 0 Å². The molecule has 0 aromatic carbocycles. The third kappa shape index (κ3) is 1.36. The predicted molar refractivity (Wildman–Crippen MR) is 49.2 cm³/mol. The van der Waals surface area contributed by atoms with Crippen molar-refractivity contribution in [2.45, 2.75) is 18.9 Å². The number of alkyl halides is 1. The summed E-state index contributed by atoms with van der Waals surface area (Å²) in [6.45, 7) is 4.49. The van der Waals surface area contributed by atoms with Crippen LogP contribution in [0.3, 0.4) is 0 Å². The lowest BCUT2D eigenvalue weighted by molar-refractivity contribution is -0.944. The zero-order valence-electron chi connectivity index (χ0n) is 7.38. The number of halogens is 1. The van der Waals surface area contributed by atoms with Gasteiger partial charge in [0.2, 0.25) is 0 Å². The fourth-order valence-electron chi connectivity index (χ4n) is 2.74. The van der Waals surface area contributed by atoms with Crippen LogP contribution < -0.4 is 0 Å². The molecule has 0 amide bonds. The van der Waals surface area contributed by atoms with E-state index < -0.39 is 0 Å². The van der Waals surface area contributed by atoms with E-state index in [1.165, 1.54) is 25.9 Å². The van der Waals surface area contributed by atoms with Gasteiger partial charge in [0.05, 0.1) is 25.5 Å². The molecule has 0 saturated carbocycles. The molecule has 0 radical (unpaired) electrons. The van der Waals surface area contributed by atoms with E-state index in [2.05, 4.69) is 0 Å². The van der Waals surface area contributed by atoms with Gasteiger partial charge in [0.15, 0.2) is 0 Å². The number of hydrogen-bond acceptors (Lipinski definition) is 1. The summed E-state index contributed by atoms with van der Waals surface area (Å²) in [7, 11) is 0. The topological polar surface area (TPSA) is 20.2 Å². The Kier molecular flexibility index (Phi) is 2.32. The van der Waals surface area contributed by atoms with Crippen LogP contribution in [0.25, 0.3) is 0 Å². The number of aliphatic hydroxyl groups is 1. The summed E-state index contributed by atoms with van der Waals surface area (Å²) in [5.41, 5.74) is 0. The van der Waals surface area contributed by atoms with E-state index in [-0.39, 0.29) is 6.10 Å². The first-order valence-corrected chi connectivity index (χ1v) is 5.38. The molecule has 70 valence electrons. The molecule has 3 fully saturated rings. The Morgan fingerprint density at radius 1 is 1.33 bits per heavy atom. The second-order valence-corrected chi connectivity index (χ2v) is 4.67. The zero-order chi connectivity index (χ0) is 8.60. The SMILES string of the molecule is O[C@@H]1C[N+]2(CCCl)CCC1CC2. The van der Waals surface area contributed by atoms with Crippen LogP contribution in [0.2, 0.25) is 0 Å². The molecule has 3 heterocycles. The number of nitrogens with zero attached hydrogens (tertiary/aromatic N) is 1. The first-order chi connectivity index (χ1) is 5.76. The highest BCUT2D eigenvalue weighted by Crippen LogP contribution is 2.33. The molecule has 1 atom stereocenters. The molecule has 0 aromatic heterocycles. The zero-order valence-corrected chi connectivity index (χ0v) is 8.13. The Hall–Kier alpha value is 0.210. The Bertz CT molecular complexity index is 160. The van der Waals surface area contributed by atoms with E-state index in [1.54, 1.807) is 0 Å². The van der Waals surface area contributed by atoms with E-state index in [0.29, 0.717) is 5.92 Å². The number of piperidine rings is 3. The molecule has 2 bridgehead atoms. The van der Waals surface area contributed by atoms with Crippen LogP contribution in [0.4, 0.5) is 0 Å². The van der Waals surface area contributed by atoms with Crippen LogP contribution in [0.5, 0.6) is 0 Å². The molecule has 3 aliphatic rings. The van der Waals surface area contributed by atoms with Crippen LogP contribution in [-0.4, -0.2) is 47.8 Å². The van der Waals surface area contributed by atoms with Crippen molar-refractivity contribution in [1.29, 1.82) is 0 Å². The van der Waals surface area contributed by atoms with Crippen LogP contribution in [0.15, 0.2) is 0 Å². The third-order valence-electron chi connectivity index (χ3n) is 3.63. The van der Waals surface area contributed by atoms with E-state index >= 15 is 0 Å². The fourth-order valence-corrected chi connectivity index (χ4v) is 3.10. The molecule has 0 aliphatic carbocycles. The number of aliphatic hydroxyl groups excluding tert-OH is 1. The predicted octanol–water partition coefficient (Wildman–Crippen LogP) is 0.826. The summed E-state index contributed by atoms with van der Waals surface area (Å²) in [5, 5.41) is 9.73. The Morgan fingerprint density at radius 3 is 2.50 bits per heavy atom. The van der Waals surface area contributed by atoms with Gasteiger partial charge in [-0.3, -0.25) is 0 Å². The highest BCUT2D eigenvalue weighted by molar-refractivity contribution is 6.17. The number of quaternary nitrogens is 1. The van der Waals surface area contributed by atoms with Crippen molar-refractivity contribution in [2.24, 2.45) is 5.92 Å². The Labute approximate surface area is 78.7 Å². The smallest absolute Gasteiger partial charge is 0.106 e. The summed E-state index contributed by atoms with van der Waals surface area (Å²) in [6, 6.07) is 0. The molecule has 3 saturated heterocycles. The standard InChI is InChI=1S/C9H17ClNO/c10-3-6-11-4-1-8(2-5-11)9(12)7-11/h8-9,12H,1-7H2/q+1/t8?,9-,11?/m1/s1. The first kappa shape index (κ1) is 8.79. The van der Waals surface area contributed by atoms with Gasteiger partial charge in [-0.1, -0.05) is 0 Å². The van der Waals surface area contributed by atoms with Crippen molar-refractivity contribution < 1.29 is 9.59 Å². The maximum absolute atomic E-state index is 9.73. The average molecular weight is 191 g/mol. The van der Waals surface area contributed by atoms with Gasteiger partial charge in [-0.05, 0) is 0 Å². The lowest BCUT2D eigenvalue weighted by atomic mass is 9.83. The summed E-state index contributed by atoms with van der Waals surface area (Å²) >= 11 is 5.77. The molecule has 0 aromatic rings. The minimum Gasteiger partial charge on any atom is -0.387 e. The van der Waals surface area contributed by atoms with E-state index in [1.807, 2.05) is 0 Å². The third-order valence-corrected chi connectivity index (χ3v) is 3.79. The molecule has 12 heavy (non-hydrogen) atoms. The monoisotopic (exact) mass is 190 g/mol. The molecular formula is C9H17ClNO+. The number of rotatable bonds is 2. The second kappa shape index (κ2) is 3.17. The van der Waals surface area contributed by atoms with E-state index in [4.69, 9.17) is 11.6 Å². The quantitative estimate of drug-likeness (QED) is 0.505. The van der Waals surface area contributed by atoms with Gasteiger partial charge in [-0.15, -0.1) is 11.6 Å². The van der Waals surface area contributed by atoms with Gasteiger partial charge >= 0.3 is 0 Å². The van der Waals surface area contributed by atoms with Gasteiger partial charge in [0.25, 0.3) is 0 Å². The summed E-state index contributed by atoms with van der Waals surface area (Å²) in [6.07, 6.45) is 2.37. The van der Waals surface area contributed by atoms with Gasteiger partial charge in [0.1, 0.15) is 12.6 Å². The van der Waals surface area contributed by atoms with Crippen molar-refractivity contribution in [2.75, 3.05) is 32.1 Å². The minimum absolute atomic E-state index is 0.0456. The molecule has 3 heteroatoms. The summed E-state index contributed by atoms with van der Waals surface area (Å²) in [4.78, 5) is 0.